The molecule has 5 rings (SSSR count). The van der Waals surface area contributed by atoms with Gasteiger partial charge in [-0.2, -0.15) is 0 Å². The Morgan fingerprint density at radius 1 is 1.11 bits per heavy atom. The molecule has 25 heteroatoms. The average molecular weight is 800 g/mol. The van der Waals surface area contributed by atoms with Crippen molar-refractivity contribution >= 4 is 76.9 Å². The largest absolute Gasteiger partial charge is 1.00 e. The van der Waals surface area contributed by atoms with Gasteiger partial charge in [0, 0.05) is 43.9 Å². The third kappa shape index (κ3) is 9.12. The van der Waals surface area contributed by atoms with Crippen LogP contribution in [0.1, 0.15) is 20.0 Å². The van der Waals surface area contributed by atoms with E-state index in [-0.39, 0.29) is 79.1 Å². The molecule has 54 heavy (non-hydrogen) atoms. The van der Waals surface area contributed by atoms with Crippen LogP contribution in [0.3, 0.4) is 0 Å². The Morgan fingerprint density at radius 2 is 1.81 bits per heavy atom. The van der Waals surface area contributed by atoms with Gasteiger partial charge in [0.25, 0.3) is 5.91 Å². The molecule has 284 valence electrons. The molecule has 0 unspecified atom stereocenters. The van der Waals surface area contributed by atoms with Gasteiger partial charge in [0.15, 0.2) is 0 Å². The van der Waals surface area contributed by atoms with Crippen LogP contribution >= 0.6 is 23.5 Å². The number of rotatable bonds is 13. The summed E-state index contributed by atoms with van der Waals surface area (Å²) in [5.41, 5.74) is 5.82. The molecule has 4 heterocycles. The Kier molecular flexibility index (Phi) is 14.0. The number of nitrogens with zero attached hydrogens (tertiary/aromatic N) is 7. The van der Waals surface area contributed by atoms with E-state index in [4.69, 9.17) is 15.6 Å². The van der Waals surface area contributed by atoms with Crippen LogP contribution in [0.15, 0.2) is 40.7 Å². The van der Waals surface area contributed by atoms with Crippen molar-refractivity contribution in [3.8, 4) is 0 Å². The first-order valence-corrected chi connectivity index (χ1v) is 17.7. The molecule has 7 amide bonds. The van der Waals surface area contributed by atoms with Gasteiger partial charge in [-0.15, -0.1) is 16.9 Å². The Labute approximate surface area is 337 Å². The number of hydrogen-bond donors (Lipinski definition) is 6. The fraction of sp³-hybridized carbons (Fsp3) is 0.414. The number of piperazine rings is 1. The summed E-state index contributed by atoms with van der Waals surface area (Å²) in [5.74, 6) is -5.94. The zero-order chi connectivity index (χ0) is 38.6. The molecule has 22 nitrogen and oxygen atoms in total. The van der Waals surface area contributed by atoms with E-state index in [1.54, 1.807) is 14.0 Å². The number of imide groups is 1. The number of thioether (sulfide) groups is 2. The smallest absolute Gasteiger partial charge is 1.00 e. The average Bonchev–Trinajstić information content (AvgIpc) is 3.55. The number of likely N-dealkylation sites (N-methyl/N-ethyl adjacent to an activating group) is 1. The molecule has 2 saturated heterocycles. The number of carboxylic acid groups (broad SMARTS) is 2. The quantitative estimate of drug-likeness (QED) is 0.0480. The number of fused-ring (bicyclic) bond motifs is 1. The first-order chi connectivity index (χ1) is 25.2. The Hall–Kier alpha value is -4.75. The number of urea groups is 1. The minimum absolute atomic E-state index is 0. The van der Waals surface area contributed by atoms with Gasteiger partial charge < -0.3 is 37.6 Å². The van der Waals surface area contributed by atoms with Gasteiger partial charge in [-0.3, -0.25) is 39.1 Å². The van der Waals surface area contributed by atoms with E-state index in [9.17, 15) is 43.5 Å². The number of benzene rings is 1. The molecule has 2 fully saturated rings. The number of nitrogens with one attached hydrogen (secondary N) is 3. The number of aliphatic carboxylic acids is 2. The number of carbonyl (C=O) groups excluding carboxylic acids is 6. The molecule has 3 aliphatic rings. The van der Waals surface area contributed by atoms with Crippen LogP contribution in [0.5, 0.6) is 0 Å². The van der Waals surface area contributed by atoms with Crippen LogP contribution in [-0.4, -0.2) is 148 Å². The molecule has 7 N–H and O–H groups in total. The number of anilines is 1. The molecule has 1 aromatic carbocycles. The number of ether oxygens (including phenoxy) is 1. The van der Waals surface area contributed by atoms with Crippen molar-refractivity contribution in [3.63, 3.8) is 0 Å². The van der Waals surface area contributed by atoms with E-state index in [2.05, 4.69) is 31.5 Å². The van der Waals surface area contributed by atoms with Gasteiger partial charge >= 0.3 is 65.4 Å². The summed E-state index contributed by atoms with van der Waals surface area (Å²) in [6.45, 7) is 1.23. The van der Waals surface area contributed by atoms with Gasteiger partial charge in [0.2, 0.25) is 11.1 Å². The van der Waals surface area contributed by atoms with Crippen molar-refractivity contribution < 1.29 is 84.3 Å². The van der Waals surface area contributed by atoms with E-state index in [0.29, 0.717) is 15.6 Å². The van der Waals surface area contributed by atoms with Crippen LogP contribution in [0.4, 0.5) is 15.3 Å². The molecule has 0 aliphatic carbocycles. The topological polar surface area (TPSA) is 302 Å². The van der Waals surface area contributed by atoms with Gasteiger partial charge in [-0.25, -0.2) is 19.1 Å². The van der Waals surface area contributed by atoms with Crippen LogP contribution in [0.2, 0.25) is 0 Å². The third-order valence-corrected chi connectivity index (χ3v) is 10.6. The fourth-order valence-corrected chi connectivity index (χ4v) is 7.68. The van der Waals surface area contributed by atoms with Gasteiger partial charge in [0.1, 0.15) is 35.8 Å². The Morgan fingerprint density at radius 3 is 2.43 bits per heavy atom. The maximum Gasteiger partial charge on any atom is 1.00 e. The summed E-state index contributed by atoms with van der Waals surface area (Å²) in [7, 11) is 1.62. The van der Waals surface area contributed by atoms with Crippen molar-refractivity contribution in [2.45, 2.75) is 35.6 Å². The van der Waals surface area contributed by atoms with Crippen LogP contribution in [0, 0.1) is 0 Å². The molecule has 4 atom stereocenters. The van der Waals surface area contributed by atoms with E-state index < -0.39 is 77.8 Å². The van der Waals surface area contributed by atoms with E-state index in [0.717, 1.165) is 4.90 Å². The fourth-order valence-electron chi connectivity index (χ4n) is 5.35. The predicted octanol–water partition coefficient (Wildman–Crippen LogP) is -4.74. The normalized spacial score (nSPS) is 19.2. The molecule has 0 radical (unpaired) electrons. The number of amides is 7. The van der Waals surface area contributed by atoms with E-state index >= 15 is 0 Å². The zero-order valence-corrected chi connectivity index (χ0v) is 32.6. The van der Waals surface area contributed by atoms with Crippen molar-refractivity contribution in [2.24, 2.45) is 12.8 Å². The summed E-state index contributed by atoms with van der Waals surface area (Å²) >= 11 is 2.41. The van der Waals surface area contributed by atoms with Crippen molar-refractivity contribution in [3.05, 3.63) is 41.1 Å². The van der Waals surface area contributed by atoms with Crippen molar-refractivity contribution in [1.82, 2.24) is 45.5 Å². The molecule has 1 aromatic heterocycles. The van der Waals surface area contributed by atoms with Gasteiger partial charge in [0.05, 0.1) is 0 Å². The van der Waals surface area contributed by atoms with Crippen molar-refractivity contribution in [2.75, 3.05) is 43.1 Å². The minimum Gasteiger partial charge on any atom is -1.00 e. The Balaban J connectivity index is 0.00000406. The van der Waals surface area contributed by atoms with E-state index in [1.807, 2.05) is 0 Å². The molecular formula is C29H34N11NaO11S2. The number of carboxylic acids is 2. The number of nitrogens with two attached hydrogens (primary N) is 1. The first kappa shape index (κ1) is 42.0. The van der Waals surface area contributed by atoms with E-state index in [1.165, 1.54) is 57.4 Å². The Bertz CT molecular complexity index is 1890. The standard InChI is InChI=1S/C29H33N11O11S2.Na.H/c1-3-38-8-9-39(23(44)22(38)43)27(49)33-17(13-4-6-15(7-5-13)31-29(50)51-10-16(30)25(45)46)20(41)32-18-21(42)40-19(26(47)48)14(11-52-24(18)40)12-53-28-34-35-36-37(28)2;;/h4-7,16-18,24H,3,8-12,30H2,1-2H3,(H,31,50)(H,32,41)(H,33,49)(H,45,46)(H,47,48);;/q;+1;-1/t16-,17+,18-,24-;;/m1../s1. The summed E-state index contributed by atoms with van der Waals surface area (Å²) in [5, 5.41) is 37.1. The number of hydrogen-bond acceptors (Lipinski definition) is 15. The van der Waals surface area contributed by atoms with Gasteiger partial charge in [-0.05, 0) is 40.6 Å². The second-order valence-electron chi connectivity index (χ2n) is 11.5. The molecule has 0 spiro atoms. The first-order valence-electron chi connectivity index (χ1n) is 15.7. The SMILES string of the molecule is CCN1CCN(C(=O)N[C@H](C(=O)N[C@@H]2C(=O)N3C(C(=O)O)=C(CSc4nnnn4C)CS[C@H]23)c2ccc(NC(=O)OC[C@@H](N)C(=O)O)cc2)C(=O)C1=O.[H-].[Na+]. The number of aryl methyl sites for hydroxylation is 1. The summed E-state index contributed by atoms with van der Waals surface area (Å²) < 4.78 is 6.20. The monoisotopic (exact) mass is 799 g/mol. The number of β-lactam (4-membered cyclic amide) rings is 1. The molecular weight excluding hydrogens is 766 g/mol. The summed E-state index contributed by atoms with van der Waals surface area (Å²) in [6.07, 6.45) is -1.02. The predicted molar refractivity (Wildman–Crippen MR) is 183 cm³/mol. The van der Waals surface area contributed by atoms with Crippen molar-refractivity contribution in [1.29, 1.82) is 0 Å². The van der Waals surface area contributed by atoms with Crippen LogP contribution in [0.25, 0.3) is 0 Å². The summed E-state index contributed by atoms with van der Waals surface area (Å²) in [6, 6.07) is 0.105. The number of tetrazole rings is 1. The maximum atomic E-state index is 13.9. The second-order valence-corrected chi connectivity index (χ2v) is 13.6. The summed E-state index contributed by atoms with van der Waals surface area (Å²) in [4.78, 5) is 104. The third-order valence-electron chi connectivity index (χ3n) is 8.17. The second kappa shape index (κ2) is 18.1. The zero-order valence-electron chi connectivity index (χ0n) is 30.0. The number of aromatic nitrogens is 4. The number of carbonyl (C=O) groups is 8. The molecule has 0 saturated carbocycles. The van der Waals surface area contributed by atoms with Gasteiger partial charge in [-0.1, -0.05) is 23.9 Å². The van der Waals surface area contributed by atoms with Crippen LogP contribution in [-0.2, 0) is 40.6 Å². The molecule has 2 aromatic rings. The molecule has 3 aliphatic heterocycles. The molecule has 0 bridgehead atoms. The minimum atomic E-state index is -1.55. The maximum absolute atomic E-state index is 13.9. The van der Waals surface area contributed by atoms with Crippen LogP contribution < -0.4 is 51.2 Å².